The van der Waals surface area contributed by atoms with E-state index in [0.29, 0.717) is 18.4 Å². The van der Waals surface area contributed by atoms with Crippen LogP contribution in [0.15, 0.2) is 30.3 Å². The van der Waals surface area contributed by atoms with E-state index in [1.165, 1.54) is 18.0 Å². The summed E-state index contributed by atoms with van der Waals surface area (Å²) in [7, 11) is 1.45. The number of benzene rings is 1. The van der Waals surface area contributed by atoms with Gasteiger partial charge < -0.3 is 20.6 Å². The van der Waals surface area contributed by atoms with E-state index in [9.17, 15) is 23.9 Å². The fraction of sp³-hybridized carbons (Fsp3) is 0.464. The average molecular weight is 494 g/mol. The van der Waals surface area contributed by atoms with Gasteiger partial charge in [0.15, 0.2) is 0 Å². The molecule has 8 heteroatoms. The van der Waals surface area contributed by atoms with Gasteiger partial charge in [-0.1, -0.05) is 38.1 Å². The van der Waals surface area contributed by atoms with Crippen LogP contribution < -0.4 is 10.6 Å². The van der Waals surface area contributed by atoms with Gasteiger partial charge in [-0.15, -0.1) is 0 Å². The summed E-state index contributed by atoms with van der Waals surface area (Å²) >= 11 is 0. The Morgan fingerprint density at radius 2 is 2.06 bits per heavy atom. The summed E-state index contributed by atoms with van der Waals surface area (Å²) in [6.45, 7) is 5.63. The molecule has 2 aromatic carbocycles. The lowest BCUT2D eigenvalue weighted by Gasteiger charge is -2.45. The lowest BCUT2D eigenvalue weighted by atomic mass is 9.87. The molecule has 36 heavy (non-hydrogen) atoms. The van der Waals surface area contributed by atoms with E-state index >= 15 is 0 Å². The lowest BCUT2D eigenvalue weighted by Crippen LogP contribution is -2.69. The second-order valence-corrected chi connectivity index (χ2v) is 10.2. The van der Waals surface area contributed by atoms with Gasteiger partial charge in [-0.3, -0.25) is 14.4 Å². The van der Waals surface area contributed by atoms with Crippen LogP contribution in [0, 0.1) is 36.7 Å². The van der Waals surface area contributed by atoms with Crippen molar-refractivity contribution in [1.29, 1.82) is 0 Å². The largest absolute Gasteiger partial charge is 0.388 e. The molecule has 4 unspecified atom stereocenters. The van der Waals surface area contributed by atoms with Crippen molar-refractivity contribution in [3.63, 3.8) is 0 Å². The molecule has 4 rings (SSSR count). The maximum Gasteiger partial charge on any atom is 0.246 e. The van der Waals surface area contributed by atoms with Crippen LogP contribution >= 0.6 is 0 Å². The van der Waals surface area contributed by atoms with Gasteiger partial charge in [0.2, 0.25) is 17.7 Å². The molecule has 7 nitrogen and oxygen atoms in total. The monoisotopic (exact) mass is 493 g/mol. The highest BCUT2D eigenvalue weighted by molar-refractivity contribution is 6.00. The minimum Gasteiger partial charge on any atom is -0.388 e. The van der Waals surface area contributed by atoms with Gasteiger partial charge in [0.1, 0.15) is 23.9 Å². The zero-order chi connectivity index (χ0) is 26.1. The third-order valence-electron chi connectivity index (χ3n) is 7.17. The minimum absolute atomic E-state index is 0.0560. The second-order valence-electron chi connectivity index (χ2n) is 10.2. The summed E-state index contributed by atoms with van der Waals surface area (Å²) in [5.74, 6) is -2.35. The molecule has 1 fully saturated rings. The molecule has 1 aliphatic carbocycles. The van der Waals surface area contributed by atoms with Crippen molar-refractivity contribution in [2.24, 2.45) is 11.8 Å². The van der Waals surface area contributed by atoms with Crippen LogP contribution in [0.2, 0.25) is 0 Å². The molecule has 1 aliphatic heterocycles. The number of nitrogens with one attached hydrogen (secondary N) is 2. The first kappa shape index (κ1) is 25.6. The lowest BCUT2D eigenvalue weighted by molar-refractivity contribution is -0.158. The third kappa shape index (κ3) is 4.80. The molecule has 5 atom stereocenters. The minimum atomic E-state index is -1.10. The first-order valence-electron chi connectivity index (χ1n) is 12.3. The first-order chi connectivity index (χ1) is 17.1. The van der Waals surface area contributed by atoms with E-state index in [1.807, 2.05) is 13.8 Å². The number of nitrogens with zero attached hydrogens (tertiary/aromatic N) is 1. The van der Waals surface area contributed by atoms with Crippen LogP contribution in [0.3, 0.4) is 0 Å². The predicted molar refractivity (Wildman–Crippen MR) is 131 cm³/mol. The molecule has 0 radical (unpaired) electrons. The summed E-state index contributed by atoms with van der Waals surface area (Å²) in [6, 6.07) is 10.9. The number of rotatable bonds is 7. The molecule has 2 aliphatic rings. The van der Waals surface area contributed by atoms with E-state index in [0.717, 1.165) is 11.1 Å². The number of fused-ring (bicyclic) bond motifs is 1. The number of likely N-dealkylation sites (N-methyl/N-ethyl adjacent to an activating group) is 1. The SMILES string of the molecule is CNC(=O)C(Cc1ccc(C)cc1F)N1C(=O)[C@@H](C2Cc3c#cccc3C2O)NC(=O)C1CC(C)C. The maximum absolute atomic E-state index is 14.8. The van der Waals surface area contributed by atoms with Crippen LogP contribution in [-0.4, -0.2) is 52.9 Å². The Morgan fingerprint density at radius 3 is 2.69 bits per heavy atom. The Bertz CT molecular complexity index is 1170. The smallest absolute Gasteiger partial charge is 0.246 e. The summed E-state index contributed by atoms with van der Waals surface area (Å²) in [4.78, 5) is 41.9. The van der Waals surface area contributed by atoms with E-state index in [1.54, 1.807) is 31.2 Å². The number of halogens is 1. The molecule has 3 amide bonds. The Hall–Kier alpha value is -3.44. The summed E-state index contributed by atoms with van der Waals surface area (Å²) in [6.07, 6.45) is -0.381. The van der Waals surface area contributed by atoms with Crippen molar-refractivity contribution in [1.82, 2.24) is 15.5 Å². The van der Waals surface area contributed by atoms with Gasteiger partial charge in [0, 0.05) is 24.9 Å². The fourth-order valence-corrected chi connectivity index (χ4v) is 5.35. The topological polar surface area (TPSA) is 98.7 Å². The zero-order valence-electron chi connectivity index (χ0n) is 21.0. The molecule has 1 saturated heterocycles. The molecule has 0 saturated carbocycles. The van der Waals surface area contributed by atoms with Gasteiger partial charge in [-0.25, -0.2) is 4.39 Å². The Morgan fingerprint density at radius 1 is 1.31 bits per heavy atom. The van der Waals surface area contributed by atoms with Crippen LogP contribution in [0.4, 0.5) is 4.39 Å². The van der Waals surface area contributed by atoms with Crippen LogP contribution in [-0.2, 0) is 27.2 Å². The predicted octanol–water partition coefficient (Wildman–Crippen LogP) is 2.04. The highest BCUT2D eigenvalue weighted by Crippen LogP contribution is 2.39. The number of carbonyl (C=O) groups is 3. The first-order valence-corrected chi connectivity index (χ1v) is 12.3. The van der Waals surface area contributed by atoms with E-state index < -0.39 is 47.8 Å². The number of aliphatic hydroxyl groups is 1. The normalized spacial score (nSPS) is 24.2. The van der Waals surface area contributed by atoms with Crippen molar-refractivity contribution < 1.29 is 23.9 Å². The summed E-state index contributed by atoms with van der Waals surface area (Å²) < 4.78 is 14.8. The zero-order valence-corrected chi connectivity index (χ0v) is 21.0. The average Bonchev–Trinajstić information content (AvgIpc) is 3.17. The standard InChI is InChI=1S/C28H32FN3O4/c1-15(2)11-22-27(35)31-24(20-13-17-7-5-6-8-19(17)25(20)33)28(36)32(22)23(26(34)30-4)14-18-10-9-16(3)12-21(18)29/h6,8-10,12,15,20,22-25,33H,11,13-14H2,1-4H3,(H,30,34)(H,31,35)/t20?,22?,23?,24-,25?/m1/s1. The van der Waals surface area contributed by atoms with Crippen molar-refractivity contribution in [3.05, 3.63) is 70.5 Å². The Balaban J connectivity index is 1.72. The highest BCUT2D eigenvalue weighted by atomic mass is 19.1. The molecule has 2 aromatic rings. The highest BCUT2D eigenvalue weighted by Gasteiger charge is 2.51. The number of aryl methyl sites for hydroxylation is 1. The quantitative estimate of drug-likeness (QED) is 0.550. The molecule has 1 heterocycles. The molecule has 190 valence electrons. The van der Waals surface area contributed by atoms with Gasteiger partial charge in [-0.05, 0) is 60.6 Å². The van der Waals surface area contributed by atoms with Gasteiger partial charge in [0.25, 0.3) is 0 Å². The third-order valence-corrected chi connectivity index (χ3v) is 7.17. The molecular weight excluding hydrogens is 461 g/mol. The molecule has 0 bridgehead atoms. The second kappa shape index (κ2) is 10.3. The van der Waals surface area contributed by atoms with Crippen molar-refractivity contribution in [3.8, 4) is 0 Å². The number of carbonyl (C=O) groups excluding carboxylic acids is 3. The van der Waals surface area contributed by atoms with E-state index in [2.05, 4.69) is 22.8 Å². The van der Waals surface area contributed by atoms with E-state index in [4.69, 9.17) is 0 Å². The Labute approximate surface area is 211 Å². The van der Waals surface area contributed by atoms with Crippen LogP contribution in [0.1, 0.15) is 48.6 Å². The number of piperazine rings is 1. The Kier molecular flexibility index (Phi) is 7.32. The number of hydrogen-bond acceptors (Lipinski definition) is 4. The molecule has 3 N–H and O–H groups in total. The maximum atomic E-state index is 14.8. The van der Waals surface area contributed by atoms with Crippen LogP contribution in [0.25, 0.3) is 0 Å². The number of amides is 3. The fourth-order valence-electron chi connectivity index (χ4n) is 5.35. The van der Waals surface area contributed by atoms with Crippen molar-refractivity contribution in [2.45, 2.75) is 64.3 Å². The van der Waals surface area contributed by atoms with Gasteiger partial charge in [-0.2, -0.15) is 0 Å². The van der Waals surface area contributed by atoms with Gasteiger partial charge in [0.05, 0.1) is 6.10 Å². The molecule has 0 aromatic heterocycles. The summed E-state index contributed by atoms with van der Waals surface area (Å²) in [5, 5.41) is 16.4. The van der Waals surface area contributed by atoms with E-state index in [-0.39, 0.29) is 23.8 Å². The number of hydrogen-bond donors (Lipinski definition) is 3. The molecule has 0 spiro atoms. The summed E-state index contributed by atoms with van der Waals surface area (Å²) in [5.41, 5.74) is 2.42. The number of aliphatic hydroxyl groups excluding tert-OH is 1. The van der Waals surface area contributed by atoms with Gasteiger partial charge >= 0.3 is 0 Å². The van der Waals surface area contributed by atoms with Crippen molar-refractivity contribution in [2.75, 3.05) is 7.05 Å². The van der Waals surface area contributed by atoms with Crippen LogP contribution in [0.5, 0.6) is 0 Å². The molecular formula is C28H32FN3O4. The van der Waals surface area contributed by atoms with Crippen molar-refractivity contribution >= 4 is 17.7 Å².